The molecule has 2 heterocycles. The van der Waals surface area contributed by atoms with Crippen molar-refractivity contribution < 1.29 is 14.0 Å². The number of hydrogen-bond acceptors (Lipinski definition) is 3. The molecule has 2 unspecified atom stereocenters. The average Bonchev–Trinajstić information content (AvgIpc) is 3.48. The second-order valence-electron chi connectivity index (χ2n) is 9.59. The second-order valence-corrected chi connectivity index (χ2v) is 9.59. The zero-order valence-electron chi connectivity index (χ0n) is 19.8. The van der Waals surface area contributed by atoms with E-state index in [0.717, 1.165) is 42.9 Å². The van der Waals surface area contributed by atoms with Crippen LogP contribution in [0.4, 0.5) is 4.79 Å². The molecule has 0 aliphatic carbocycles. The average molecular weight is 468 g/mol. The third kappa shape index (κ3) is 4.60. The Morgan fingerprint density at radius 1 is 0.971 bits per heavy atom. The van der Waals surface area contributed by atoms with Gasteiger partial charge in [0.15, 0.2) is 6.54 Å². The standard InChI is InChI=1S/C29H30N4O2/c30-17-19-33(20-21-35-27-14-8-3-9-15-27)18-16-26(22-33)32-23-29(31-28(32)34,24-10-4-1-5-11-24)25-12-6-2-7-13-25/h1-15,26H,16,18-23H2/p+1. The lowest BCUT2D eigenvalue weighted by atomic mass is 9.83. The number of urea groups is 1. The number of hydrogen-bond donors (Lipinski definition) is 1. The van der Waals surface area contributed by atoms with E-state index in [1.165, 1.54) is 0 Å². The number of carbonyl (C=O) groups is 1. The highest BCUT2D eigenvalue weighted by Crippen LogP contribution is 2.37. The number of likely N-dealkylation sites (tertiary alicyclic amines) is 1. The fourth-order valence-electron chi connectivity index (χ4n) is 5.61. The van der Waals surface area contributed by atoms with Crippen LogP contribution in [-0.2, 0) is 5.54 Å². The van der Waals surface area contributed by atoms with Gasteiger partial charge in [0.05, 0.1) is 19.1 Å². The van der Waals surface area contributed by atoms with Gasteiger partial charge in [0.2, 0.25) is 0 Å². The molecule has 35 heavy (non-hydrogen) atoms. The van der Waals surface area contributed by atoms with Gasteiger partial charge in [0, 0.05) is 6.42 Å². The smallest absolute Gasteiger partial charge is 0.319 e. The largest absolute Gasteiger partial charge is 0.488 e. The molecule has 0 spiro atoms. The summed E-state index contributed by atoms with van der Waals surface area (Å²) in [7, 11) is 0. The van der Waals surface area contributed by atoms with Crippen LogP contribution < -0.4 is 10.1 Å². The molecule has 5 rings (SSSR count). The molecule has 6 heteroatoms. The van der Waals surface area contributed by atoms with Crippen LogP contribution in [0, 0.1) is 11.3 Å². The fourth-order valence-corrected chi connectivity index (χ4v) is 5.61. The zero-order chi connectivity index (χ0) is 24.1. The van der Waals surface area contributed by atoms with Crippen molar-refractivity contribution in [1.29, 1.82) is 5.26 Å². The molecular weight excluding hydrogens is 436 g/mol. The van der Waals surface area contributed by atoms with Crippen molar-refractivity contribution in [3.05, 3.63) is 102 Å². The molecule has 2 aliphatic heterocycles. The summed E-state index contributed by atoms with van der Waals surface area (Å²) in [6.45, 7) is 3.91. The van der Waals surface area contributed by atoms with Crippen molar-refractivity contribution in [2.24, 2.45) is 0 Å². The van der Waals surface area contributed by atoms with Crippen LogP contribution in [0.15, 0.2) is 91.0 Å². The monoisotopic (exact) mass is 467 g/mol. The Labute approximate surface area is 206 Å². The minimum atomic E-state index is -0.594. The topological polar surface area (TPSA) is 65.4 Å². The summed E-state index contributed by atoms with van der Waals surface area (Å²) in [6.07, 6.45) is 0.875. The van der Waals surface area contributed by atoms with Gasteiger partial charge in [-0.1, -0.05) is 78.9 Å². The Kier molecular flexibility index (Phi) is 6.43. The normalized spacial score (nSPS) is 23.0. The second kappa shape index (κ2) is 9.81. The van der Waals surface area contributed by atoms with E-state index in [2.05, 4.69) is 35.7 Å². The number of nitriles is 1. The number of carbonyl (C=O) groups excluding carboxylic acids is 1. The van der Waals surface area contributed by atoms with Crippen LogP contribution in [0.25, 0.3) is 0 Å². The maximum Gasteiger partial charge on any atom is 0.319 e. The van der Waals surface area contributed by atoms with Crippen LogP contribution in [0.1, 0.15) is 17.5 Å². The van der Waals surface area contributed by atoms with Gasteiger partial charge in [-0.3, -0.25) is 0 Å². The molecular formula is C29H31N4O2+. The molecule has 6 nitrogen and oxygen atoms in total. The maximum atomic E-state index is 13.4. The maximum absolute atomic E-state index is 13.4. The first-order valence-electron chi connectivity index (χ1n) is 12.2. The first-order valence-corrected chi connectivity index (χ1v) is 12.2. The Balaban J connectivity index is 1.34. The van der Waals surface area contributed by atoms with Gasteiger partial charge in [0.25, 0.3) is 0 Å². The van der Waals surface area contributed by atoms with Gasteiger partial charge in [-0.2, -0.15) is 5.26 Å². The van der Waals surface area contributed by atoms with E-state index in [1.54, 1.807) is 0 Å². The van der Waals surface area contributed by atoms with Crippen LogP contribution in [0.3, 0.4) is 0 Å². The summed E-state index contributed by atoms with van der Waals surface area (Å²) in [4.78, 5) is 15.4. The highest BCUT2D eigenvalue weighted by Gasteiger charge is 2.51. The van der Waals surface area contributed by atoms with Crippen LogP contribution in [-0.4, -0.2) is 60.8 Å². The first kappa shape index (κ1) is 22.9. The molecule has 0 radical (unpaired) electrons. The van der Waals surface area contributed by atoms with E-state index in [9.17, 15) is 10.1 Å². The molecule has 0 saturated carbocycles. The van der Waals surface area contributed by atoms with Crippen molar-refractivity contribution >= 4 is 6.03 Å². The van der Waals surface area contributed by atoms with E-state index in [0.29, 0.717) is 24.2 Å². The Morgan fingerprint density at radius 2 is 1.57 bits per heavy atom. The summed E-state index contributed by atoms with van der Waals surface area (Å²) >= 11 is 0. The Morgan fingerprint density at radius 3 is 2.17 bits per heavy atom. The van der Waals surface area contributed by atoms with Gasteiger partial charge in [-0.05, 0) is 23.3 Å². The quantitative estimate of drug-likeness (QED) is 0.400. The number of ether oxygens (including phenoxy) is 1. The minimum Gasteiger partial charge on any atom is -0.488 e. The SMILES string of the molecule is N#CC[N+]1(CCOc2ccccc2)CCC(N2CC(c3ccccc3)(c3ccccc3)NC2=O)C1. The summed E-state index contributed by atoms with van der Waals surface area (Å²) in [6, 6.07) is 32.6. The predicted octanol–water partition coefficient (Wildman–Crippen LogP) is 4.15. The van der Waals surface area contributed by atoms with Gasteiger partial charge >= 0.3 is 6.03 Å². The lowest BCUT2D eigenvalue weighted by molar-refractivity contribution is -0.910. The van der Waals surface area contributed by atoms with Crippen molar-refractivity contribution in [3.8, 4) is 11.8 Å². The number of benzene rings is 3. The van der Waals surface area contributed by atoms with Crippen molar-refractivity contribution in [1.82, 2.24) is 10.2 Å². The lowest BCUT2D eigenvalue weighted by Gasteiger charge is -2.33. The predicted molar refractivity (Wildman–Crippen MR) is 135 cm³/mol. The number of nitrogens with one attached hydrogen (secondary N) is 1. The molecule has 2 fully saturated rings. The zero-order valence-corrected chi connectivity index (χ0v) is 19.8. The minimum absolute atomic E-state index is 0.0415. The van der Waals surface area contributed by atoms with E-state index in [-0.39, 0.29) is 12.1 Å². The molecule has 3 aromatic rings. The molecule has 2 aliphatic rings. The molecule has 3 aromatic carbocycles. The first-order chi connectivity index (χ1) is 17.1. The summed E-state index contributed by atoms with van der Waals surface area (Å²) in [5, 5.41) is 12.9. The van der Waals surface area contributed by atoms with Gasteiger partial charge in [0.1, 0.15) is 37.1 Å². The summed E-state index contributed by atoms with van der Waals surface area (Å²) in [5.74, 6) is 0.841. The highest BCUT2D eigenvalue weighted by atomic mass is 16.5. The van der Waals surface area contributed by atoms with Gasteiger partial charge < -0.3 is 19.4 Å². The van der Waals surface area contributed by atoms with E-state index in [1.807, 2.05) is 71.6 Å². The highest BCUT2D eigenvalue weighted by molar-refractivity contribution is 5.80. The Bertz CT molecular complexity index is 1140. The number of para-hydroxylation sites is 1. The Hall–Kier alpha value is -3.82. The molecule has 2 atom stereocenters. The van der Waals surface area contributed by atoms with Gasteiger partial charge in [-0.25, -0.2) is 4.79 Å². The third-order valence-electron chi connectivity index (χ3n) is 7.48. The van der Waals surface area contributed by atoms with Gasteiger partial charge in [-0.15, -0.1) is 0 Å². The third-order valence-corrected chi connectivity index (χ3v) is 7.48. The number of quaternary nitrogens is 1. The van der Waals surface area contributed by atoms with E-state index >= 15 is 0 Å². The number of rotatable bonds is 8. The van der Waals surface area contributed by atoms with E-state index in [4.69, 9.17) is 4.74 Å². The number of amides is 2. The van der Waals surface area contributed by atoms with Crippen LogP contribution in [0.5, 0.6) is 5.75 Å². The molecule has 2 amide bonds. The molecule has 1 N–H and O–H groups in total. The summed E-state index contributed by atoms with van der Waals surface area (Å²) in [5.41, 5.74) is 1.56. The van der Waals surface area contributed by atoms with Crippen molar-refractivity contribution in [3.63, 3.8) is 0 Å². The lowest BCUT2D eigenvalue weighted by Crippen LogP contribution is -2.51. The molecule has 178 valence electrons. The fraction of sp³-hybridized carbons (Fsp3) is 0.310. The van der Waals surface area contributed by atoms with Crippen LogP contribution in [0.2, 0.25) is 0 Å². The molecule has 2 saturated heterocycles. The number of nitrogens with zero attached hydrogens (tertiary/aromatic N) is 3. The molecule has 0 bridgehead atoms. The van der Waals surface area contributed by atoms with Crippen molar-refractivity contribution in [2.45, 2.75) is 18.0 Å². The van der Waals surface area contributed by atoms with Crippen molar-refractivity contribution in [2.75, 3.05) is 39.3 Å². The van der Waals surface area contributed by atoms with E-state index < -0.39 is 5.54 Å². The molecule has 0 aromatic heterocycles. The summed E-state index contributed by atoms with van der Waals surface area (Å²) < 4.78 is 6.61. The van der Waals surface area contributed by atoms with Crippen LogP contribution >= 0.6 is 0 Å².